The molecule has 3 aromatic rings. The molecule has 6 heteroatoms. The molecule has 0 bridgehead atoms. The summed E-state index contributed by atoms with van der Waals surface area (Å²) in [7, 11) is 1.66. The standard InChI is InChI=1S/C28H30F2N2O2/c1-34-26-12-2-20(3-13-26)18-21-15-17-32(19-21)28(33)31-16-14-27(22-4-8-24(29)9-5-22)23-6-10-25(30)11-7-23/h2-13,21,27H,14-19H2,1H3,(H,31,33). The smallest absolute Gasteiger partial charge is 0.317 e. The maximum absolute atomic E-state index is 13.4. The molecule has 4 rings (SSSR count). The summed E-state index contributed by atoms with van der Waals surface area (Å²) in [5.74, 6) is 0.616. The molecule has 0 aliphatic carbocycles. The minimum atomic E-state index is -0.298. The Bertz CT molecular complexity index is 1020. The van der Waals surface area contributed by atoms with Gasteiger partial charge in [0.1, 0.15) is 17.4 Å². The highest BCUT2D eigenvalue weighted by Crippen LogP contribution is 2.28. The molecule has 2 amide bonds. The normalized spacial score (nSPS) is 15.5. The summed E-state index contributed by atoms with van der Waals surface area (Å²) in [6.07, 6.45) is 2.55. The number of methoxy groups -OCH3 is 1. The van der Waals surface area contributed by atoms with Crippen LogP contribution in [-0.2, 0) is 6.42 Å². The van der Waals surface area contributed by atoms with Gasteiger partial charge in [-0.3, -0.25) is 0 Å². The number of hydrogen-bond acceptors (Lipinski definition) is 2. The lowest BCUT2D eigenvalue weighted by Crippen LogP contribution is -2.39. The van der Waals surface area contributed by atoms with Crippen molar-refractivity contribution in [1.29, 1.82) is 0 Å². The third-order valence-corrected chi connectivity index (χ3v) is 6.51. The summed E-state index contributed by atoms with van der Waals surface area (Å²) >= 11 is 0. The average Bonchev–Trinajstić information content (AvgIpc) is 3.32. The van der Waals surface area contributed by atoms with E-state index in [-0.39, 0.29) is 23.6 Å². The molecule has 34 heavy (non-hydrogen) atoms. The van der Waals surface area contributed by atoms with Crippen molar-refractivity contribution in [2.75, 3.05) is 26.7 Å². The van der Waals surface area contributed by atoms with Crippen molar-refractivity contribution in [3.8, 4) is 5.75 Å². The van der Waals surface area contributed by atoms with Crippen molar-refractivity contribution in [1.82, 2.24) is 10.2 Å². The van der Waals surface area contributed by atoms with Gasteiger partial charge in [-0.1, -0.05) is 36.4 Å². The van der Waals surface area contributed by atoms with Crippen LogP contribution < -0.4 is 10.1 Å². The predicted octanol–water partition coefficient (Wildman–Crippen LogP) is 5.77. The summed E-state index contributed by atoms with van der Waals surface area (Å²) in [6.45, 7) is 1.95. The minimum Gasteiger partial charge on any atom is -0.497 e. The fourth-order valence-corrected chi connectivity index (χ4v) is 4.63. The van der Waals surface area contributed by atoms with Crippen molar-refractivity contribution in [3.05, 3.63) is 101 Å². The van der Waals surface area contributed by atoms with Gasteiger partial charge in [0.05, 0.1) is 7.11 Å². The molecular weight excluding hydrogens is 434 g/mol. The largest absolute Gasteiger partial charge is 0.497 e. The first-order valence-electron chi connectivity index (χ1n) is 11.7. The summed E-state index contributed by atoms with van der Waals surface area (Å²) in [4.78, 5) is 14.6. The van der Waals surface area contributed by atoms with Crippen LogP contribution in [-0.4, -0.2) is 37.7 Å². The van der Waals surface area contributed by atoms with Gasteiger partial charge in [-0.05, 0) is 78.3 Å². The van der Waals surface area contributed by atoms with E-state index >= 15 is 0 Å². The molecule has 3 aromatic carbocycles. The molecular formula is C28H30F2N2O2. The number of carbonyl (C=O) groups is 1. The molecule has 0 radical (unpaired) electrons. The highest BCUT2D eigenvalue weighted by atomic mass is 19.1. The zero-order valence-electron chi connectivity index (χ0n) is 19.3. The molecule has 1 atom stereocenters. The maximum atomic E-state index is 13.4. The monoisotopic (exact) mass is 464 g/mol. The first-order chi connectivity index (χ1) is 16.5. The van der Waals surface area contributed by atoms with Gasteiger partial charge in [0.2, 0.25) is 0 Å². The lowest BCUT2D eigenvalue weighted by Gasteiger charge is -2.21. The molecule has 1 saturated heterocycles. The summed E-state index contributed by atoms with van der Waals surface area (Å²) in [5, 5.41) is 3.04. The highest BCUT2D eigenvalue weighted by Gasteiger charge is 2.26. The van der Waals surface area contributed by atoms with Gasteiger partial charge in [-0.2, -0.15) is 0 Å². The lowest BCUT2D eigenvalue weighted by atomic mass is 9.88. The number of nitrogens with one attached hydrogen (secondary N) is 1. The van der Waals surface area contributed by atoms with Crippen LogP contribution >= 0.6 is 0 Å². The molecule has 1 aliphatic heterocycles. The number of carbonyl (C=O) groups excluding carboxylic acids is 1. The van der Waals surface area contributed by atoms with Crippen LogP contribution in [0.3, 0.4) is 0 Å². The van der Waals surface area contributed by atoms with E-state index in [4.69, 9.17) is 4.74 Å². The van der Waals surface area contributed by atoms with Crippen LogP contribution in [0.4, 0.5) is 13.6 Å². The Hall–Kier alpha value is -3.41. The van der Waals surface area contributed by atoms with Gasteiger partial charge in [-0.25, -0.2) is 13.6 Å². The quantitative estimate of drug-likeness (QED) is 0.460. The Kier molecular flexibility index (Phi) is 7.78. The number of halogens is 2. The molecule has 1 N–H and O–H groups in total. The fourth-order valence-electron chi connectivity index (χ4n) is 4.63. The van der Waals surface area contributed by atoms with Gasteiger partial charge < -0.3 is 15.0 Å². The van der Waals surface area contributed by atoms with Crippen molar-refractivity contribution in [2.45, 2.75) is 25.2 Å². The van der Waals surface area contributed by atoms with E-state index in [0.717, 1.165) is 42.8 Å². The molecule has 0 saturated carbocycles. The number of likely N-dealkylation sites (tertiary alicyclic amines) is 1. The van der Waals surface area contributed by atoms with Crippen LogP contribution in [0.5, 0.6) is 5.75 Å². The fraction of sp³-hybridized carbons (Fsp3) is 0.321. The summed E-state index contributed by atoms with van der Waals surface area (Å²) < 4.78 is 32.1. The van der Waals surface area contributed by atoms with Crippen molar-refractivity contribution >= 4 is 6.03 Å². The Morgan fingerprint density at radius 3 is 2.12 bits per heavy atom. The molecule has 1 heterocycles. The molecule has 0 aromatic heterocycles. The van der Waals surface area contributed by atoms with Crippen molar-refractivity contribution < 1.29 is 18.3 Å². The molecule has 178 valence electrons. The second kappa shape index (κ2) is 11.1. The second-order valence-electron chi connectivity index (χ2n) is 8.83. The van der Waals surface area contributed by atoms with Gasteiger partial charge in [0, 0.05) is 25.6 Å². The van der Waals surface area contributed by atoms with Gasteiger partial charge in [0.15, 0.2) is 0 Å². The number of ether oxygens (including phenoxy) is 1. The third kappa shape index (κ3) is 6.13. The zero-order valence-corrected chi connectivity index (χ0v) is 19.3. The van der Waals surface area contributed by atoms with Gasteiger partial charge in [-0.15, -0.1) is 0 Å². The number of hydrogen-bond donors (Lipinski definition) is 1. The lowest BCUT2D eigenvalue weighted by molar-refractivity contribution is 0.207. The first-order valence-corrected chi connectivity index (χ1v) is 11.7. The molecule has 0 spiro atoms. The number of benzene rings is 3. The number of amides is 2. The SMILES string of the molecule is COc1ccc(CC2CCN(C(=O)NCCC(c3ccc(F)cc3)c3ccc(F)cc3)C2)cc1. The van der Waals surface area contributed by atoms with Crippen LogP contribution in [0.15, 0.2) is 72.8 Å². The highest BCUT2D eigenvalue weighted by molar-refractivity contribution is 5.74. The second-order valence-corrected chi connectivity index (χ2v) is 8.83. The van der Waals surface area contributed by atoms with Crippen LogP contribution in [0.1, 0.15) is 35.4 Å². The van der Waals surface area contributed by atoms with Gasteiger partial charge in [0.25, 0.3) is 0 Å². The van der Waals surface area contributed by atoms with Crippen LogP contribution in [0, 0.1) is 17.6 Å². The van der Waals surface area contributed by atoms with Crippen LogP contribution in [0.2, 0.25) is 0 Å². The van der Waals surface area contributed by atoms with E-state index in [1.54, 1.807) is 31.4 Å². The van der Waals surface area contributed by atoms with E-state index in [1.807, 2.05) is 17.0 Å². The van der Waals surface area contributed by atoms with Crippen LogP contribution in [0.25, 0.3) is 0 Å². The van der Waals surface area contributed by atoms with Gasteiger partial charge >= 0.3 is 6.03 Å². The Labute approximate surface area is 199 Å². The Morgan fingerprint density at radius 1 is 0.971 bits per heavy atom. The zero-order chi connectivity index (χ0) is 23.9. The number of rotatable bonds is 8. The van der Waals surface area contributed by atoms with Crippen molar-refractivity contribution in [2.24, 2.45) is 5.92 Å². The third-order valence-electron chi connectivity index (χ3n) is 6.51. The van der Waals surface area contributed by atoms with Crippen molar-refractivity contribution in [3.63, 3.8) is 0 Å². The summed E-state index contributed by atoms with van der Waals surface area (Å²) in [6, 6.07) is 20.7. The number of urea groups is 1. The van der Waals surface area contributed by atoms with E-state index < -0.39 is 0 Å². The topological polar surface area (TPSA) is 41.6 Å². The first kappa shape index (κ1) is 23.7. The van der Waals surface area contributed by atoms with E-state index in [0.29, 0.717) is 18.9 Å². The molecule has 4 nitrogen and oxygen atoms in total. The molecule has 1 fully saturated rings. The predicted molar refractivity (Wildman–Crippen MR) is 129 cm³/mol. The summed E-state index contributed by atoms with van der Waals surface area (Å²) in [5.41, 5.74) is 3.11. The minimum absolute atomic E-state index is 0.0609. The molecule has 1 aliphatic rings. The number of nitrogens with zero attached hydrogens (tertiary/aromatic N) is 1. The molecule has 1 unspecified atom stereocenters. The van der Waals surface area contributed by atoms with E-state index in [9.17, 15) is 13.6 Å². The Balaban J connectivity index is 1.31. The average molecular weight is 465 g/mol. The van der Waals surface area contributed by atoms with E-state index in [2.05, 4.69) is 17.4 Å². The Morgan fingerprint density at radius 2 is 1.56 bits per heavy atom. The van der Waals surface area contributed by atoms with E-state index in [1.165, 1.54) is 29.8 Å². The maximum Gasteiger partial charge on any atom is 0.317 e.